The van der Waals surface area contributed by atoms with Crippen LogP contribution in [-0.2, 0) is 9.59 Å². The molecule has 0 aliphatic rings. The van der Waals surface area contributed by atoms with Crippen LogP contribution in [0.4, 0.5) is 15.8 Å². The molecule has 25 heavy (non-hydrogen) atoms. The average molecular weight is 344 g/mol. The van der Waals surface area contributed by atoms with Gasteiger partial charge in [-0.15, -0.1) is 0 Å². The molecule has 0 unspecified atom stereocenters. The van der Waals surface area contributed by atoms with E-state index < -0.39 is 0 Å². The van der Waals surface area contributed by atoms with Crippen LogP contribution in [0.1, 0.15) is 20.3 Å². The summed E-state index contributed by atoms with van der Waals surface area (Å²) >= 11 is 0. The van der Waals surface area contributed by atoms with Gasteiger partial charge in [0.05, 0.1) is 12.3 Å². The normalized spacial score (nSPS) is 10.2. The molecule has 0 aliphatic carbocycles. The lowest BCUT2D eigenvalue weighted by Crippen LogP contribution is -2.32. The fourth-order valence-corrected chi connectivity index (χ4v) is 2.37. The minimum absolute atomic E-state index is 0.109. The molecule has 0 aliphatic heterocycles. The molecule has 6 heteroatoms. The first-order chi connectivity index (χ1) is 12.0. The zero-order valence-corrected chi connectivity index (χ0v) is 14.3. The minimum Gasteiger partial charge on any atom is -0.492 e. The fourth-order valence-electron chi connectivity index (χ4n) is 2.37. The summed E-state index contributed by atoms with van der Waals surface area (Å²) in [5.74, 6) is -0.229. The summed E-state index contributed by atoms with van der Waals surface area (Å²) in [5, 5.41) is 2.79. The maximum absolute atomic E-state index is 13.0. The summed E-state index contributed by atoms with van der Waals surface area (Å²) in [7, 11) is 0. The number of rotatable bonds is 7. The van der Waals surface area contributed by atoms with Crippen LogP contribution in [0.5, 0.6) is 5.75 Å². The Balaban J connectivity index is 2.00. The van der Waals surface area contributed by atoms with Gasteiger partial charge in [-0.2, -0.15) is 0 Å². The second-order valence-electron chi connectivity index (χ2n) is 5.37. The number of anilines is 2. The summed E-state index contributed by atoms with van der Waals surface area (Å²) in [6.07, 6.45) is 0.109. The van der Waals surface area contributed by atoms with Crippen LogP contribution in [0, 0.1) is 5.82 Å². The number of hydrogen-bond acceptors (Lipinski definition) is 3. The second kappa shape index (κ2) is 8.82. The fraction of sp³-hybridized carbons (Fsp3) is 0.263. The van der Waals surface area contributed by atoms with Crippen LogP contribution in [-0.4, -0.2) is 25.0 Å². The third-order valence-electron chi connectivity index (χ3n) is 3.54. The molecular weight excluding hydrogens is 323 g/mol. The quantitative estimate of drug-likeness (QED) is 0.835. The number of nitrogens with zero attached hydrogens (tertiary/aromatic N) is 1. The van der Waals surface area contributed by atoms with Crippen LogP contribution in [0.25, 0.3) is 0 Å². The average Bonchev–Trinajstić information content (AvgIpc) is 2.58. The third-order valence-corrected chi connectivity index (χ3v) is 3.54. The molecule has 0 spiro atoms. The van der Waals surface area contributed by atoms with E-state index in [4.69, 9.17) is 4.74 Å². The van der Waals surface area contributed by atoms with Crippen LogP contribution in [0.15, 0.2) is 48.5 Å². The maximum atomic E-state index is 13.0. The van der Waals surface area contributed by atoms with Crippen molar-refractivity contribution in [3.63, 3.8) is 0 Å². The Bertz CT molecular complexity index is 732. The molecule has 0 saturated heterocycles. The van der Waals surface area contributed by atoms with Crippen molar-refractivity contribution in [1.82, 2.24) is 0 Å². The summed E-state index contributed by atoms with van der Waals surface area (Å²) in [4.78, 5) is 25.5. The summed E-state index contributed by atoms with van der Waals surface area (Å²) in [6, 6.07) is 12.8. The van der Waals surface area contributed by atoms with Gasteiger partial charge in [-0.1, -0.05) is 12.1 Å². The van der Waals surface area contributed by atoms with Crippen molar-refractivity contribution in [2.45, 2.75) is 20.3 Å². The van der Waals surface area contributed by atoms with E-state index in [1.54, 1.807) is 18.2 Å². The van der Waals surface area contributed by atoms with Gasteiger partial charge in [0.1, 0.15) is 11.6 Å². The first-order valence-corrected chi connectivity index (χ1v) is 8.06. The van der Waals surface area contributed by atoms with E-state index in [1.165, 1.54) is 36.1 Å². The van der Waals surface area contributed by atoms with E-state index in [0.29, 0.717) is 23.7 Å². The second-order valence-corrected chi connectivity index (χ2v) is 5.37. The van der Waals surface area contributed by atoms with Gasteiger partial charge in [-0.3, -0.25) is 9.59 Å². The van der Waals surface area contributed by atoms with E-state index in [2.05, 4.69) is 5.32 Å². The SMILES string of the molecule is CCOc1ccccc1NC(=O)CCN(C(C)=O)c1ccc(F)cc1. The van der Waals surface area contributed by atoms with Crippen molar-refractivity contribution < 1.29 is 18.7 Å². The molecule has 1 N–H and O–H groups in total. The Labute approximate surface area is 146 Å². The van der Waals surface area contributed by atoms with Crippen molar-refractivity contribution in [2.24, 2.45) is 0 Å². The molecule has 0 radical (unpaired) electrons. The molecule has 0 fully saturated rings. The Kier molecular flexibility index (Phi) is 6.51. The van der Waals surface area contributed by atoms with Gasteiger partial charge in [0.15, 0.2) is 0 Å². The van der Waals surface area contributed by atoms with Gasteiger partial charge >= 0.3 is 0 Å². The molecule has 0 atom stereocenters. The molecule has 0 bridgehead atoms. The summed E-state index contributed by atoms with van der Waals surface area (Å²) in [6.45, 7) is 3.97. The van der Waals surface area contributed by atoms with Crippen LogP contribution < -0.4 is 15.0 Å². The molecule has 2 amide bonds. The third kappa shape index (κ3) is 5.31. The number of nitrogens with one attached hydrogen (secondary N) is 1. The van der Waals surface area contributed by atoms with Crippen LogP contribution >= 0.6 is 0 Å². The predicted molar refractivity (Wildman–Crippen MR) is 95.3 cm³/mol. The Morgan fingerprint density at radius 2 is 1.80 bits per heavy atom. The predicted octanol–water partition coefficient (Wildman–Crippen LogP) is 3.61. The number of benzene rings is 2. The number of carbonyl (C=O) groups is 2. The lowest BCUT2D eigenvalue weighted by molar-refractivity contribution is -0.117. The van der Waals surface area contributed by atoms with Gasteiger partial charge in [-0.25, -0.2) is 4.39 Å². The number of amides is 2. The lowest BCUT2D eigenvalue weighted by atomic mass is 10.2. The van der Waals surface area contributed by atoms with E-state index in [9.17, 15) is 14.0 Å². The standard InChI is InChI=1S/C19H21FN2O3/c1-3-25-18-7-5-4-6-17(18)21-19(24)12-13-22(14(2)23)16-10-8-15(20)9-11-16/h4-11H,3,12-13H2,1-2H3,(H,21,24). The maximum Gasteiger partial charge on any atom is 0.226 e. The smallest absolute Gasteiger partial charge is 0.226 e. The van der Waals surface area contributed by atoms with Crippen molar-refractivity contribution >= 4 is 23.2 Å². The van der Waals surface area contributed by atoms with Gasteiger partial charge in [0.25, 0.3) is 0 Å². The molecule has 5 nitrogen and oxygen atoms in total. The Morgan fingerprint density at radius 3 is 2.44 bits per heavy atom. The van der Waals surface area contributed by atoms with Crippen LogP contribution in [0.2, 0.25) is 0 Å². The lowest BCUT2D eigenvalue weighted by Gasteiger charge is -2.21. The topological polar surface area (TPSA) is 58.6 Å². The van der Waals surface area contributed by atoms with Crippen molar-refractivity contribution in [1.29, 1.82) is 0 Å². The van der Waals surface area contributed by atoms with Crippen molar-refractivity contribution in [3.05, 3.63) is 54.3 Å². The largest absolute Gasteiger partial charge is 0.492 e. The first kappa shape index (κ1) is 18.4. The number of ether oxygens (including phenoxy) is 1. The Morgan fingerprint density at radius 1 is 1.12 bits per heavy atom. The number of carbonyl (C=O) groups excluding carboxylic acids is 2. The van der Waals surface area contributed by atoms with E-state index >= 15 is 0 Å². The summed E-state index contributed by atoms with van der Waals surface area (Å²) in [5.41, 5.74) is 1.14. The highest BCUT2D eigenvalue weighted by atomic mass is 19.1. The minimum atomic E-state index is -0.377. The number of halogens is 1. The summed E-state index contributed by atoms with van der Waals surface area (Å²) < 4.78 is 18.5. The van der Waals surface area contributed by atoms with Crippen molar-refractivity contribution in [3.8, 4) is 5.75 Å². The number of para-hydroxylation sites is 2. The van der Waals surface area contributed by atoms with E-state index in [-0.39, 0.29) is 30.6 Å². The number of hydrogen-bond donors (Lipinski definition) is 1. The van der Waals surface area contributed by atoms with Gasteiger partial charge in [-0.05, 0) is 43.3 Å². The molecule has 2 aromatic rings. The van der Waals surface area contributed by atoms with Gasteiger partial charge in [0.2, 0.25) is 11.8 Å². The molecule has 2 rings (SSSR count). The van der Waals surface area contributed by atoms with Crippen molar-refractivity contribution in [2.75, 3.05) is 23.4 Å². The van der Waals surface area contributed by atoms with Crippen LogP contribution in [0.3, 0.4) is 0 Å². The van der Waals surface area contributed by atoms with E-state index in [1.807, 2.05) is 13.0 Å². The molecular formula is C19H21FN2O3. The molecule has 0 aromatic heterocycles. The molecule has 132 valence electrons. The molecule has 0 heterocycles. The van der Waals surface area contributed by atoms with Gasteiger partial charge in [0, 0.05) is 25.6 Å². The Hall–Kier alpha value is -2.89. The monoisotopic (exact) mass is 344 g/mol. The highest BCUT2D eigenvalue weighted by Crippen LogP contribution is 2.24. The van der Waals surface area contributed by atoms with E-state index in [0.717, 1.165) is 0 Å². The first-order valence-electron chi connectivity index (χ1n) is 8.06. The zero-order chi connectivity index (χ0) is 18.2. The zero-order valence-electron chi connectivity index (χ0n) is 14.3. The highest BCUT2D eigenvalue weighted by Gasteiger charge is 2.14. The highest BCUT2D eigenvalue weighted by molar-refractivity contribution is 5.95. The molecule has 0 saturated carbocycles. The van der Waals surface area contributed by atoms with Gasteiger partial charge < -0.3 is 15.0 Å². The molecule has 2 aromatic carbocycles.